The third-order valence-corrected chi connectivity index (χ3v) is 5.10. The summed E-state index contributed by atoms with van der Waals surface area (Å²) < 4.78 is 0. The zero-order chi connectivity index (χ0) is 15.1. The molecule has 2 aliphatic rings. The monoisotopic (exact) mass is 329 g/mol. The van der Waals surface area contributed by atoms with Crippen LogP contribution in [0, 0.1) is 11.8 Å². The van der Waals surface area contributed by atoms with E-state index in [-0.39, 0.29) is 24.0 Å². The van der Waals surface area contributed by atoms with E-state index in [1.54, 1.807) is 6.07 Å². The lowest BCUT2D eigenvalue weighted by Crippen LogP contribution is -2.39. The molecule has 0 bridgehead atoms. The van der Waals surface area contributed by atoms with Gasteiger partial charge in [0.2, 0.25) is 0 Å². The number of carbonyl (C=O) groups is 1. The van der Waals surface area contributed by atoms with E-state index in [0.717, 1.165) is 5.56 Å². The number of rotatable bonds is 2. The lowest BCUT2D eigenvalue weighted by atomic mass is 9.90. The van der Waals surface area contributed by atoms with Crippen LogP contribution in [-0.2, 0) is 6.42 Å². The number of nitrogens with zero attached hydrogens (tertiary/aromatic N) is 1. The van der Waals surface area contributed by atoms with Crippen molar-refractivity contribution in [2.45, 2.75) is 31.4 Å². The maximum atomic E-state index is 11.5. The molecule has 4 atom stereocenters. The van der Waals surface area contributed by atoms with E-state index in [9.17, 15) is 15.0 Å². The highest BCUT2D eigenvalue weighted by atomic mass is 35.5. The number of hydrogen-bond donors (Lipinski definition) is 2. The number of fused-ring (bicyclic) bond motifs is 1. The van der Waals surface area contributed by atoms with Crippen molar-refractivity contribution >= 4 is 29.3 Å². The second-order valence-corrected chi connectivity index (χ2v) is 6.91. The molecule has 1 saturated heterocycles. The minimum absolute atomic E-state index is 0.112. The van der Waals surface area contributed by atoms with Crippen molar-refractivity contribution < 1.29 is 15.0 Å². The summed E-state index contributed by atoms with van der Waals surface area (Å²) in [6.07, 6.45) is 0.758. The molecule has 0 aromatic heterocycles. The zero-order valence-electron chi connectivity index (χ0n) is 11.4. The molecule has 1 aromatic carbocycles. The van der Waals surface area contributed by atoms with Gasteiger partial charge in [0.25, 0.3) is 0 Å². The van der Waals surface area contributed by atoms with Gasteiger partial charge in [0.05, 0.1) is 6.10 Å². The van der Waals surface area contributed by atoms with Crippen LogP contribution in [0.15, 0.2) is 18.2 Å². The SMILES string of the molecule is O=C(O)N1C[C@@H]2C[C@@H](O)C[C@@H]2C1Cc1cc(Cl)cc(Cl)c1. The van der Waals surface area contributed by atoms with Gasteiger partial charge in [0.1, 0.15) is 0 Å². The van der Waals surface area contributed by atoms with Gasteiger partial charge in [-0.1, -0.05) is 23.2 Å². The molecule has 3 rings (SSSR count). The van der Waals surface area contributed by atoms with Crippen LogP contribution in [0.2, 0.25) is 10.0 Å². The van der Waals surface area contributed by atoms with Gasteiger partial charge in [-0.3, -0.25) is 0 Å². The molecule has 2 fully saturated rings. The predicted molar refractivity (Wildman–Crippen MR) is 80.9 cm³/mol. The Balaban J connectivity index is 1.84. The number of carboxylic acid groups (broad SMARTS) is 1. The van der Waals surface area contributed by atoms with Crippen LogP contribution in [0.3, 0.4) is 0 Å². The second-order valence-electron chi connectivity index (χ2n) is 6.03. The van der Waals surface area contributed by atoms with Gasteiger partial charge in [0, 0.05) is 22.6 Å². The molecule has 6 heteroatoms. The van der Waals surface area contributed by atoms with E-state index in [1.807, 2.05) is 12.1 Å². The Bertz CT molecular complexity index is 546. The quantitative estimate of drug-likeness (QED) is 0.875. The minimum Gasteiger partial charge on any atom is -0.465 e. The number of halogens is 2. The third-order valence-electron chi connectivity index (χ3n) is 4.66. The van der Waals surface area contributed by atoms with E-state index >= 15 is 0 Å². The molecule has 0 spiro atoms. The molecule has 1 aromatic rings. The standard InChI is InChI=1S/C15H17Cl2NO3/c16-10-1-8(2-11(17)5-10)3-14-13-6-12(19)4-9(13)7-18(14)15(20)21/h1-2,5,9,12-14,19H,3-4,6-7H2,(H,20,21)/t9-,12+,13-,14?/m0/s1. The van der Waals surface area contributed by atoms with Gasteiger partial charge in [-0.05, 0) is 54.9 Å². The first-order valence-electron chi connectivity index (χ1n) is 7.06. The summed E-state index contributed by atoms with van der Waals surface area (Å²) in [6, 6.07) is 5.20. The average molecular weight is 330 g/mol. The topological polar surface area (TPSA) is 60.8 Å². The normalized spacial score (nSPS) is 31.5. The summed E-state index contributed by atoms with van der Waals surface area (Å²) in [6.45, 7) is 0.510. The summed E-state index contributed by atoms with van der Waals surface area (Å²) in [7, 11) is 0. The Labute approximate surface area is 133 Å². The molecule has 4 nitrogen and oxygen atoms in total. The van der Waals surface area contributed by atoms with Crippen molar-refractivity contribution in [3.05, 3.63) is 33.8 Å². The van der Waals surface area contributed by atoms with E-state index < -0.39 is 6.09 Å². The van der Waals surface area contributed by atoms with E-state index in [0.29, 0.717) is 35.9 Å². The lowest BCUT2D eigenvalue weighted by Gasteiger charge is -2.26. The predicted octanol–water partition coefficient (Wildman–Crippen LogP) is 3.29. The third kappa shape index (κ3) is 2.98. The smallest absolute Gasteiger partial charge is 0.407 e. The summed E-state index contributed by atoms with van der Waals surface area (Å²) in [5.41, 5.74) is 0.936. The number of aliphatic hydroxyl groups excluding tert-OH is 1. The maximum Gasteiger partial charge on any atom is 0.407 e. The van der Waals surface area contributed by atoms with Crippen molar-refractivity contribution in [2.24, 2.45) is 11.8 Å². The highest BCUT2D eigenvalue weighted by Crippen LogP contribution is 2.43. The fourth-order valence-corrected chi connectivity index (χ4v) is 4.45. The molecule has 1 aliphatic heterocycles. The van der Waals surface area contributed by atoms with Gasteiger partial charge < -0.3 is 15.1 Å². The first-order valence-corrected chi connectivity index (χ1v) is 7.82. The molecule has 1 heterocycles. The number of aliphatic hydroxyl groups is 1. The van der Waals surface area contributed by atoms with Gasteiger partial charge in [-0.2, -0.15) is 0 Å². The van der Waals surface area contributed by atoms with Crippen LogP contribution in [0.5, 0.6) is 0 Å². The number of hydrogen-bond acceptors (Lipinski definition) is 2. The fraction of sp³-hybridized carbons (Fsp3) is 0.533. The summed E-state index contributed by atoms with van der Waals surface area (Å²) in [5, 5.41) is 20.3. The molecule has 0 radical (unpaired) electrons. The molecule has 1 aliphatic carbocycles. The molecule has 1 amide bonds. The van der Waals surface area contributed by atoms with Crippen LogP contribution in [0.25, 0.3) is 0 Å². The van der Waals surface area contributed by atoms with Crippen LogP contribution in [0.1, 0.15) is 18.4 Å². The van der Waals surface area contributed by atoms with Crippen molar-refractivity contribution in [1.82, 2.24) is 4.90 Å². The van der Waals surface area contributed by atoms with Crippen molar-refractivity contribution in [2.75, 3.05) is 6.54 Å². The zero-order valence-corrected chi connectivity index (χ0v) is 12.9. The summed E-state index contributed by atoms with van der Waals surface area (Å²) in [5.74, 6) is 0.476. The highest BCUT2D eigenvalue weighted by molar-refractivity contribution is 6.34. The number of amides is 1. The summed E-state index contributed by atoms with van der Waals surface area (Å²) in [4.78, 5) is 13.0. The molecular formula is C15H17Cl2NO3. The lowest BCUT2D eigenvalue weighted by molar-refractivity contribution is 0.118. The Kier molecular flexibility index (Phi) is 4.04. The summed E-state index contributed by atoms with van der Waals surface area (Å²) >= 11 is 12.0. The van der Waals surface area contributed by atoms with E-state index in [1.165, 1.54) is 4.90 Å². The molecular weight excluding hydrogens is 313 g/mol. The Morgan fingerprint density at radius 3 is 2.52 bits per heavy atom. The highest BCUT2D eigenvalue weighted by Gasteiger charge is 2.48. The number of likely N-dealkylation sites (tertiary alicyclic amines) is 1. The van der Waals surface area contributed by atoms with Crippen molar-refractivity contribution in [3.63, 3.8) is 0 Å². The largest absolute Gasteiger partial charge is 0.465 e. The van der Waals surface area contributed by atoms with E-state index in [4.69, 9.17) is 23.2 Å². The molecule has 1 saturated carbocycles. The van der Waals surface area contributed by atoms with Gasteiger partial charge in [0.15, 0.2) is 0 Å². The van der Waals surface area contributed by atoms with Crippen LogP contribution in [-0.4, -0.2) is 39.9 Å². The molecule has 114 valence electrons. The van der Waals surface area contributed by atoms with Gasteiger partial charge in [-0.15, -0.1) is 0 Å². The Morgan fingerprint density at radius 2 is 1.90 bits per heavy atom. The van der Waals surface area contributed by atoms with Crippen LogP contribution in [0.4, 0.5) is 4.79 Å². The van der Waals surface area contributed by atoms with E-state index in [2.05, 4.69) is 0 Å². The Morgan fingerprint density at radius 1 is 1.24 bits per heavy atom. The second kappa shape index (κ2) is 5.67. The van der Waals surface area contributed by atoms with Crippen LogP contribution < -0.4 is 0 Å². The fourth-order valence-electron chi connectivity index (χ4n) is 3.88. The van der Waals surface area contributed by atoms with Gasteiger partial charge >= 0.3 is 6.09 Å². The molecule has 21 heavy (non-hydrogen) atoms. The maximum absolute atomic E-state index is 11.5. The molecule has 1 unspecified atom stereocenters. The number of benzene rings is 1. The Hall–Kier alpha value is -0.970. The van der Waals surface area contributed by atoms with Gasteiger partial charge in [-0.25, -0.2) is 4.79 Å². The van der Waals surface area contributed by atoms with Crippen molar-refractivity contribution in [1.29, 1.82) is 0 Å². The first kappa shape index (κ1) is 14.9. The minimum atomic E-state index is -0.892. The first-order chi connectivity index (χ1) is 9.94. The van der Waals surface area contributed by atoms with Crippen molar-refractivity contribution in [3.8, 4) is 0 Å². The average Bonchev–Trinajstić information content (AvgIpc) is 2.86. The molecule has 2 N–H and O–H groups in total. The van der Waals surface area contributed by atoms with Crippen LogP contribution >= 0.6 is 23.2 Å².